The second-order valence-corrected chi connectivity index (χ2v) is 6.75. The molecule has 0 saturated heterocycles. The summed E-state index contributed by atoms with van der Waals surface area (Å²) < 4.78 is 5.94. The van der Waals surface area contributed by atoms with Gasteiger partial charge in [0.2, 0.25) is 0 Å². The average Bonchev–Trinajstić information content (AvgIpc) is 2.37. The molecule has 0 atom stereocenters. The monoisotopic (exact) mass is 359 g/mol. The van der Waals surface area contributed by atoms with E-state index in [0.717, 1.165) is 22.5 Å². The molecule has 5 heteroatoms. The molecule has 0 aromatic heterocycles. The molecule has 0 aliphatic heterocycles. The normalized spacial score (nSPS) is 10.8. The van der Waals surface area contributed by atoms with Gasteiger partial charge in [-0.1, -0.05) is 19.9 Å². The quantitative estimate of drug-likeness (QED) is 0.565. The van der Waals surface area contributed by atoms with Crippen molar-refractivity contribution in [2.45, 2.75) is 32.2 Å². The highest BCUT2D eigenvalue weighted by atomic mass is 79.9. The molecule has 3 nitrogen and oxygen atoms in total. The summed E-state index contributed by atoms with van der Waals surface area (Å²) in [6.45, 7) is 8.51. The molecule has 112 valence electrons. The van der Waals surface area contributed by atoms with Crippen molar-refractivity contribution >= 4 is 33.7 Å². The van der Waals surface area contributed by atoms with Gasteiger partial charge < -0.3 is 10.1 Å². The van der Waals surface area contributed by atoms with Crippen LogP contribution in [0, 0.1) is 5.92 Å². The van der Waals surface area contributed by atoms with Crippen molar-refractivity contribution < 1.29 is 9.53 Å². The number of benzene rings is 1. The Morgan fingerprint density at radius 2 is 2.20 bits per heavy atom. The summed E-state index contributed by atoms with van der Waals surface area (Å²) in [7, 11) is 0. The molecule has 0 fully saturated rings. The first kappa shape index (κ1) is 17.5. The first-order valence-corrected chi connectivity index (χ1v) is 8.58. The molecule has 1 aromatic carbocycles. The van der Waals surface area contributed by atoms with Crippen LogP contribution in [0.2, 0.25) is 0 Å². The van der Waals surface area contributed by atoms with Crippen molar-refractivity contribution in [2.75, 3.05) is 18.9 Å². The van der Waals surface area contributed by atoms with E-state index in [1.54, 1.807) is 0 Å². The summed E-state index contributed by atoms with van der Waals surface area (Å²) >= 11 is 5.05. The Labute approximate surface area is 134 Å². The predicted octanol–water partition coefficient (Wildman–Crippen LogP) is 3.85. The van der Waals surface area contributed by atoms with Crippen molar-refractivity contribution in [3.63, 3.8) is 0 Å². The number of thioether (sulfide) groups is 1. The lowest BCUT2D eigenvalue weighted by Crippen LogP contribution is -2.18. The van der Waals surface area contributed by atoms with E-state index in [-0.39, 0.29) is 5.97 Å². The molecule has 20 heavy (non-hydrogen) atoms. The van der Waals surface area contributed by atoms with Crippen LogP contribution in [0.15, 0.2) is 27.6 Å². The highest BCUT2D eigenvalue weighted by Gasteiger charge is 2.07. The predicted molar refractivity (Wildman–Crippen MR) is 88.0 cm³/mol. The number of hydrogen-bond donors (Lipinski definition) is 1. The van der Waals surface area contributed by atoms with Crippen LogP contribution in [0.3, 0.4) is 0 Å². The van der Waals surface area contributed by atoms with Crippen molar-refractivity contribution in [1.82, 2.24) is 5.32 Å². The highest BCUT2D eigenvalue weighted by molar-refractivity contribution is 9.10. The molecular formula is C15H22BrNO2S. The van der Waals surface area contributed by atoms with Gasteiger partial charge in [0.05, 0.1) is 12.4 Å². The van der Waals surface area contributed by atoms with Crippen LogP contribution >= 0.6 is 27.7 Å². The number of ether oxygens (including phenoxy) is 1. The summed E-state index contributed by atoms with van der Waals surface area (Å²) in [6, 6.07) is 6.23. The van der Waals surface area contributed by atoms with Crippen LogP contribution in [0.5, 0.6) is 0 Å². The molecule has 0 heterocycles. The zero-order chi connectivity index (χ0) is 15.0. The molecule has 0 spiro atoms. The summed E-state index contributed by atoms with van der Waals surface area (Å²) in [4.78, 5) is 12.4. The Bertz CT molecular complexity index is 438. The van der Waals surface area contributed by atoms with E-state index < -0.39 is 0 Å². The van der Waals surface area contributed by atoms with Crippen molar-refractivity contribution in [3.05, 3.63) is 28.2 Å². The van der Waals surface area contributed by atoms with Gasteiger partial charge >= 0.3 is 5.97 Å². The van der Waals surface area contributed by atoms with Crippen molar-refractivity contribution in [1.29, 1.82) is 0 Å². The van der Waals surface area contributed by atoms with Gasteiger partial charge in [-0.15, -0.1) is 11.8 Å². The molecule has 0 saturated carbocycles. The number of carbonyl (C=O) groups is 1. The Balaban J connectivity index is 2.48. The average molecular weight is 360 g/mol. The van der Waals surface area contributed by atoms with Gasteiger partial charge in [0.25, 0.3) is 0 Å². The summed E-state index contributed by atoms with van der Waals surface area (Å²) in [5.74, 6) is 0.821. The number of halogens is 1. The van der Waals surface area contributed by atoms with E-state index in [9.17, 15) is 4.79 Å². The minimum atomic E-state index is -0.174. The fourth-order valence-corrected chi connectivity index (χ4v) is 3.10. The molecule has 1 N–H and O–H groups in total. The maximum atomic E-state index is 11.3. The zero-order valence-corrected chi connectivity index (χ0v) is 14.6. The Hall–Kier alpha value is -0.520. The van der Waals surface area contributed by atoms with Crippen molar-refractivity contribution in [2.24, 2.45) is 5.92 Å². The van der Waals surface area contributed by atoms with Crippen LogP contribution in [-0.2, 0) is 16.1 Å². The van der Waals surface area contributed by atoms with Crippen LogP contribution < -0.4 is 5.32 Å². The summed E-state index contributed by atoms with van der Waals surface area (Å²) in [6.07, 6.45) is 0. The fraction of sp³-hybridized carbons (Fsp3) is 0.533. The number of hydrogen-bond acceptors (Lipinski definition) is 4. The third-order valence-electron chi connectivity index (χ3n) is 2.53. The lowest BCUT2D eigenvalue weighted by atomic mass is 10.2. The molecule has 1 rings (SSSR count). The largest absolute Gasteiger partial charge is 0.465 e. The van der Waals surface area contributed by atoms with Crippen LogP contribution in [-0.4, -0.2) is 24.9 Å². The highest BCUT2D eigenvalue weighted by Crippen LogP contribution is 2.28. The van der Waals surface area contributed by atoms with Gasteiger partial charge in [0.15, 0.2) is 0 Å². The topological polar surface area (TPSA) is 38.3 Å². The van der Waals surface area contributed by atoms with Crippen LogP contribution in [0.4, 0.5) is 0 Å². The van der Waals surface area contributed by atoms with Gasteiger partial charge in [-0.2, -0.15) is 0 Å². The Morgan fingerprint density at radius 1 is 1.45 bits per heavy atom. The minimum Gasteiger partial charge on any atom is -0.465 e. The third kappa shape index (κ3) is 6.77. The number of carbonyl (C=O) groups excluding carboxylic acids is 1. The first-order valence-electron chi connectivity index (χ1n) is 6.80. The van der Waals surface area contributed by atoms with E-state index in [2.05, 4.69) is 47.2 Å². The molecule has 1 aromatic rings. The smallest absolute Gasteiger partial charge is 0.316 e. The standard InChI is InChI=1S/C15H22BrNO2S/c1-4-19-15(18)10-20-14-6-5-12(7-13(14)16)9-17-8-11(2)3/h5-7,11,17H,4,8-10H2,1-3H3. The lowest BCUT2D eigenvalue weighted by molar-refractivity contribution is -0.139. The summed E-state index contributed by atoms with van der Waals surface area (Å²) in [5.41, 5.74) is 1.23. The maximum absolute atomic E-state index is 11.3. The van der Waals surface area contributed by atoms with E-state index >= 15 is 0 Å². The van der Waals surface area contributed by atoms with E-state index in [1.807, 2.05) is 13.0 Å². The van der Waals surface area contributed by atoms with Crippen LogP contribution in [0.25, 0.3) is 0 Å². The molecule has 0 unspecified atom stereocenters. The number of rotatable bonds is 8. The molecular weight excluding hydrogens is 338 g/mol. The Kier molecular flexibility index (Phi) is 8.26. The van der Waals surface area contributed by atoms with Gasteiger partial charge in [0.1, 0.15) is 0 Å². The zero-order valence-electron chi connectivity index (χ0n) is 12.2. The second kappa shape index (κ2) is 9.42. The molecule has 0 amide bonds. The Morgan fingerprint density at radius 3 is 2.80 bits per heavy atom. The van der Waals surface area contributed by atoms with E-state index in [0.29, 0.717) is 18.3 Å². The van der Waals surface area contributed by atoms with E-state index in [4.69, 9.17) is 4.74 Å². The fourth-order valence-electron chi connectivity index (χ4n) is 1.62. The first-order chi connectivity index (χ1) is 9.52. The second-order valence-electron chi connectivity index (χ2n) is 4.88. The van der Waals surface area contributed by atoms with Crippen molar-refractivity contribution in [3.8, 4) is 0 Å². The van der Waals surface area contributed by atoms with Gasteiger partial charge in [-0.3, -0.25) is 4.79 Å². The third-order valence-corrected chi connectivity index (χ3v) is 4.49. The SMILES string of the molecule is CCOC(=O)CSc1ccc(CNCC(C)C)cc1Br. The van der Waals surface area contributed by atoms with Crippen LogP contribution in [0.1, 0.15) is 26.3 Å². The molecule has 0 bridgehead atoms. The van der Waals surface area contributed by atoms with E-state index in [1.165, 1.54) is 17.3 Å². The molecule has 0 aliphatic rings. The molecule has 0 radical (unpaired) electrons. The summed E-state index contributed by atoms with van der Waals surface area (Å²) in [5, 5.41) is 3.41. The molecule has 0 aliphatic carbocycles. The lowest BCUT2D eigenvalue weighted by Gasteiger charge is -2.09. The van der Waals surface area contributed by atoms with Gasteiger partial charge in [-0.05, 0) is 53.0 Å². The minimum absolute atomic E-state index is 0.174. The number of nitrogens with one attached hydrogen (secondary N) is 1. The van der Waals surface area contributed by atoms with Gasteiger partial charge in [-0.25, -0.2) is 0 Å². The maximum Gasteiger partial charge on any atom is 0.316 e. The number of esters is 1. The van der Waals surface area contributed by atoms with Gasteiger partial charge in [0, 0.05) is 15.9 Å².